The minimum atomic E-state index is 0.105. The first-order valence-corrected chi connectivity index (χ1v) is 6.82. The molecule has 0 amide bonds. The average molecular weight is 238 g/mol. The molecular formula is C11H14N2S2. The molecule has 2 nitrogen and oxygen atoms in total. The molecule has 2 N–H and O–H groups in total. The zero-order valence-corrected chi connectivity index (χ0v) is 10.3. The molecule has 2 aromatic heterocycles. The van der Waals surface area contributed by atoms with Gasteiger partial charge in [-0.3, -0.25) is 0 Å². The van der Waals surface area contributed by atoms with Crippen molar-refractivity contribution in [3.8, 4) is 10.6 Å². The van der Waals surface area contributed by atoms with Crippen molar-refractivity contribution < 1.29 is 0 Å². The first kappa shape index (κ1) is 10.8. The van der Waals surface area contributed by atoms with Gasteiger partial charge in [0.25, 0.3) is 0 Å². The lowest BCUT2D eigenvalue weighted by Crippen LogP contribution is -2.08. The van der Waals surface area contributed by atoms with E-state index in [0.717, 1.165) is 23.5 Å². The minimum Gasteiger partial charge on any atom is -0.322 e. The van der Waals surface area contributed by atoms with Crippen LogP contribution in [0, 0.1) is 0 Å². The summed E-state index contributed by atoms with van der Waals surface area (Å²) in [6.07, 6.45) is 2.12. The molecule has 0 saturated carbocycles. The molecule has 0 fully saturated rings. The number of thiazole rings is 1. The SMILES string of the molecule is CCCC(N)c1nc(-c2cccs2)cs1. The maximum absolute atomic E-state index is 6.02. The van der Waals surface area contributed by atoms with Crippen molar-refractivity contribution in [1.29, 1.82) is 0 Å². The van der Waals surface area contributed by atoms with Crippen LogP contribution in [0.25, 0.3) is 10.6 Å². The molecule has 2 rings (SSSR count). The standard InChI is InChI=1S/C11H14N2S2/c1-2-4-8(12)11-13-9(7-15-11)10-5-3-6-14-10/h3,5-8H,2,4,12H2,1H3. The van der Waals surface area contributed by atoms with Gasteiger partial charge in [0, 0.05) is 5.38 Å². The zero-order valence-electron chi connectivity index (χ0n) is 8.64. The van der Waals surface area contributed by atoms with E-state index in [1.807, 2.05) is 6.07 Å². The van der Waals surface area contributed by atoms with Crippen LogP contribution in [0.4, 0.5) is 0 Å². The van der Waals surface area contributed by atoms with Gasteiger partial charge < -0.3 is 5.73 Å². The number of hydrogen-bond acceptors (Lipinski definition) is 4. The Labute approximate surface area is 97.8 Å². The van der Waals surface area contributed by atoms with Crippen LogP contribution in [-0.4, -0.2) is 4.98 Å². The van der Waals surface area contributed by atoms with Gasteiger partial charge in [-0.1, -0.05) is 19.4 Å². The molecule has 0 aliphatic carbocycles. The number of aromatic nitrogens is 1. The Morgan fingerprint density at radius 2 is 2.33 bits per heavy atom. The molecule has 0 aliphatic rings. The summed E-state index contributed by atoms with van der Waals surface area (Å²) in [5.74, 6) is 0. The molecule has 2 aromatic rings. The van der Waals surface area contributed by atoms with Crippen molar-refractivity contribution in [3.05, 3.63) is 27.9 Å². The van der Waals surface area contributed by atoms with E-state index in [0.29, 0.717) is 0 Å². The van der Waals surface area contributed by atoms with E-state index in [2.05, 4.69) is 28.7 Å². The average Bonchev–Trinajstić information content (AvgIpc) is 2.89. The highest BCUT2D eigenvalue weighted by Crippen LogP contribution is 2.28. The van der Waals surface area contributed by atoms with Gasteiger partial charge in [-0.25, -0.2) is 4.98 Å². The first-order chi connectivity index (χ1) is 7.31. The summed E-state index contributed by atoms with van der Waals surface area (Å²) < 4.78 is 0. The monoisotopic (exact) mass is 238 g/mol. The van der Waals surface area contributed by atoms with Crippen molar-refractivity contribution in [2.75, 3.05) is 0 Å². The summed E-state index contributed by atoms with van der Waals surface area (Å²) in [6, 6.07) is 4.24. The van der Waals surface area contributed by atoms with Crippen molar-refractivity contribution in [2.24, 2.45) is 5.73 Å². The van der Waals surface area contributed by atoms with Crippen LogP contribution in [-0.2, 0) is 0 Å². The van der Waals surface area contributed by atoms with Gasteiger partial charge in [0.05, 0.1) is 16.6 Å². The highest BCUT2D eigenvalue weighted by Gasteiger charge is 2.11. The Kier molecular flexibility index (Phi) is 3.51. The van der Waals surface area contributed by atoms with Gasteiger partial charge in [-0.2, -0.15) is 0 Å². The molecule has 1 unspecified atom stereocenters. The quantitative estimate of drug-likeness (QED) is 0.882. The van der Waals surface area contributed by atoms with Crippen LogP contribution in [0.1, 0.15) is 30.8 Å². The second-order valence-corrected chi connectivity index (χ2v) is 5.28. The molecule has 1 atom stereocenters. The molecule has 2 heterocycles. The maximum Gasteiger partial charge on any atom is 0.110 e. The van der Waals surface area contributed by atoms with E-state index < -0.39 is 0 Å². The predicted molar refractivity (Wildman–Crippen MR) is 67.3 cm³/mol. The van der Waals surface area contributed by atoms with Crippen LogP contribution in [0.15, 0.2) is 22.9 Å². The zero-order chi connectivity index (χ0) is 10.7. The molecule has 80 valence electrons. The van der Waals surface area contributed by atoms with Crippen molar-refractivity contribution in [1.82, 2.24) is 4.98 Å². The van der Waals surface area contributed by atoms with Gasteiger partial charge >= 0.3 is 0 Å². The number of thiophene rings is 1. The predicted octanol–water partition coefficient (Wildman–Crippen LogP) is 3.67. The number of hydrogen-bond donors (Lipinski definition) is 1. The number of nitrogens with zero attached hydrogens (tertiary/aromatic N) is 1. The fourth-order valence-electron chi connectivity index (χ4n) is 1.43. The molecule has 0 saturated heterocycles. The molecule has 0 radical (unpaired) electrons. The summed E-state index contributed by atoms with van der Waals surface area (Å²) >= 11 is 3.38. The Bertz CT molecular complexity index is 406. The largest absolute Gasteiger partial charge is 0.322 e. The third-order valence-electron chi connectivity index (χ3n) is 2.21. The van der Waals surface area contributed by atoms with Gasteiger partial charge in [0.1, 0.15) is 5.01 Å². The summed E-state index contributed by atoms with van der Waals surface area (Å²) in [5, 5.41) is 5.22. The van der Waals surface area contributed by atoms with Gasteiger partial charge in [-0.15, -0.1) is 22.7 Å². The lowest BCUT2D eigenvalue weighted by atomic mass is 10.2. The second kappa shape index (κ2) is 4.88. The summed E-state index contributed by atoms with van der Waals surface area (Å²) in [4.78, 5) is 5.80. The van der Waals surface area contributed by atoms with Crippen LogP contribution in [0.5, 0.6) is 0 Å². The van der Waals surface area contributed by atoms with E-state index in [-0.39, 0.29) is 6.04 Å². The van der Waals surface area contributed by atoms with Crippen molar-refractivity contribution in [2.45, 2.75) is 25.8 Å². The fourth-order valence-corrected chi connectivity index (χ4v) is 3.05. The number of nitrogens with two attached hydrogens (primary N) is 1. The molecule has 0 spiro atoms. The highest BCUT2D eigenvalue weighted by molar-refractivity contribution is 7.14. The van der Waals surface area contributed by atoms with E-state index in [4.69, 9.17) is 5.73 Å². The Balaban J connectivity index is 2.17. The molecule has 15 heavy (non-hydrogen) atoms. The van der Waals surface area contributed by atoms with E-state index in [1.165, 1.54) is 4.88 Å². The van der Waals surface area contributed by atoms with E-state index in [9.17, 15) is 0 Å². The van der Waals surface area contributed by atoms with Crippen LogP contribution >= 0.6 is 22.7 Å². The Morgan fingerprint density at radius 1 is 1.47 bits per heavy atom. The van der Waals surface area contributed by atoms with Crippen molar-refractivity contribution >= 4 is 22.7 Å². The van der Waals surface area contributed by atoms with Gasteiger partial charge in [0.15, 0.2) is 0 Å². The molecule has 4 heteroatoms. The lowest BCUT2D eigenvalue weighted by Gasteiger charge is -2.04. The third-order valence-corrected chi connectivity index (χ3v) is 4.08. The Hall–Kier alpha value is -0.710. The highest BCUT2D eigenvalue weighted by atomic mass is 32.1. The number of rotatable bonds is 4. The van der Waals surface area contributed by atoms with E-state index in [1.54, 1.807) is 22.7 Å². The second-order valence-electron chi connectivity index (χ2n) is 3.44. The lowest BCUT2D eigenvalue weighted by molar-refractivity contribution is 0.635. The normalized spacial score (nSPS) is 12.9. The smallest absolute Gasteiger partial charge is 0.110 e. The summed E-state index contributed by atoms with van der Waals surface area (Å²) in [7, 11) is 0. The maximum atomic E-state index is 6.02. The summed E-state index contributed by atoms with van der Waals surface area (Å²) in [6.45, 7) is 2.15. The van der Waals surface area contributed by atoms with E-state index >= 15 is 0 Å². The molecule has 0 bridgehead atoms. The van der Waals surface area contributed by atoms with Crippen LogP contribution in [0.2, 0.25) is 0 Å². The fraction of sp³-hybridized carbons (Fsp3) is 0.364. The first-order valence-electron chi connectivity index (χ1n) is 5.06. The minimum absolute atomic E-state index is 0.105. The molecule has 0 aliphatic heterocycles. The molecular weight excluding hydrogens is 224 g/mol. The van der Waals surface area contributed by atoms with Crippen LogP contribution < -0.4 is 5.73 Å². The third kappa shape index (κ3) is 2.45. The molecule has 0 aromatic carbocycles. The van der Waals surface area contributed by atoms with Gasteiger partial charge in [0.2, 0.25) is 0 Å². The van der Waals surface area contributed by atoms with Crippen molar-refractivity contribution in [3.63, 3.8) is 0 Å². The summed E-state index contributed by atoms with van der Waals surface area (Å²) in [5.41, 5.74) is 7.09. The topological polar surface area (TPSA) is 38.9 Å². The Morgan fingerprint density at radius 3 is 3.00 bits per heavy atom. The van der Waals surface area contributed by atoms with Crippen LogP contribution in [0.3, 0.4) is 0 Å². The van der Waals surface area contributed by atoms with Gasteiger partial charge in [-0.05, 0) is 17.9 Å².